The highest BCUT2D eigenvalue weighted by Gasteiger charge is 2.25. The standard InChI is InChI=1S/C16H25NOS2/c1-3-9-18-14-7-5-13(6-8-14)16(17-4-2)15-12-19-10-11-20-15/h5-8,15-17H,3-4,9-12H2,1-2H3. The Balaban J connectivity index is 2.04. The van der Waals surface area contributed by atoms with Crippen LogP contribution in [0.4, 0.5) is 0 Å². The minimum Gasteiger partial charge on any atom is -0.494 e. The maximum atomic E-state index is 5.67. The van der Waals surface area contributed by atoms with E-state index in [0.29, 0.717) is 11.3 Å². The van der Waals surface area contributed by atoms with Crippen LogP contribution in [-0.4, -0.2) is 35.7 Å². The SMILES string of the molecule is CCCOc1ccc(C(NCC)C2CSCCS2)cc1. The van der Waals surface area contributed by atoms with E-state index in [0.717, 1.165) is 25.3 Å². The lowest BCUT2D eigenvalue weighted by Gasteiger charge is -2.30. The van der Waals surface area contributed by atoms with Gasteiger partial charge in [0.1, 0.15) is 5.75 Å². The molecule has 1 N–H and O–H groups in total. The van der Waals surface area contributed by atoms with Gasteiger partial charge in [-0.15, -0.1) is 0 Å². The van der Waals surface area contributed by atoms with Gasteiger partial charge in [-0.05, 0) is 30.7 Å². The number of hydrogen-bond acceptors (Lipinski definition) is 4. The zero-order valence-electron chi connectivity index (χ0n) is 12.4. The summed E-state index contributed by atoms with van der Waals surface area (Å²) in [7, 11) is 0. The molecule has 2 atom stereocenters. The molecule has 1 heterocycles. The third-order valence-electron chi connectivity index (χ3n) is 3.35. The fourth-order valence-electron chi connectivity index (χ4n) is 2.37. The normalized spacial score (nSPS) is 20.6. The number of nitrogens with one attached hydrogen (secondary N) is 1. The molecule has 1 fully saturated rings. The summed E-state index contributed by atoms with van der Waals surface area (Å²) in [5.41, 5.74) is 1.38. The molecule has 0 aromatic heterocycles. The van der Waals surface area contributed by atoms with Crippen LogP contribution in [0.15, 0.2) is 24.3 Å². The minimum absolute atomic E-state index is 0.457. The average molecular weight is 312 g/mol. The van der Waals surface area contributed by atoms with Crippen LogP contribution >= 0.6 is 23.5 Å². The van der Waals surface area contributed by atoms with Gasteiger partial charge in [0, 0.05) is 28.6 Å². The van der Waals surface area contributed by atoms with Gasteiger partial charge in [-0.2, -0.15) is 23.5 Å². The topological polar surface area (TPSA) is 21.3 Å². The molecule has 0 amide bonds. The van der Waals surface area contributed by atoms with Gasteiger partial charge in [0.25, 0.3) is 0 Å². The summed E-state index contributed by atoms with van der Waals surface area (Å²) in [6.45, 7) is 6.13. The first-order valence-electron chi connectivity index (χ1n) is 7.50. The molecule has 20 heavy (non-hydrogen) atoms. The van der Waals surface area contributed by atoms with Crippen molar-refractivity contribution in [3.63, 3.8) is 0 Å². The molecule has 2 rings (SSSR count). The Morgan fingerprint density at radius 1 is 1.25 bits per heavy atom. The van der Waals surface area contributed by atoms with Gasteiger partial charge in [0.15, 0.2) is 0 Å². The Hall–Kier alpha value is -0.320. The quantitative estimate of drug-likeness (QED) is 0.822. The maximum Gasteiger partial charge on any atom is 0.119 e. The molecule has 1 aliphatic rings. The molecule has 2 nitrogen and oxygen atoms in total. The molecule has 0 spiro atoms. The van der Waals surface area contributed by atoms with Crippen LogP contribution in [0.5, 0.6) is 5.75 Å². The van der Waals surface area contributed by atoms with Crippen LogP contribution in [0.25, 0.3) is 0 Å². The highest BCUT2D eigenvalue weighted by molar-refractivity contribution is 8.06. The van der Waals surface area contributed by atoms with E-state index in [1.54, 1.807) is 0 Å². The summed E-state index contributed by atoms with van der Waals surface area (Å²) in [5.74, 6) is 4.80. The minimum atomic E-state index is 0.457. The smallest absolute Gasteiger partial charge is 0.119 e. The monoisotopic (exact) mass is 311 g/mol. The molecule has 1 aliphatic heterocycles. The van der Waals surface area contributed by atoms with E-state index in [1.807, 2.05) is 0 Å². The highest BCUT2D eigenvalue weighted by atomic mass is 32.2. The first-order valence-corrected chi connectivity index (χ1v) is 9.71. The molecule has 0 radical (unpaired) electrons. The molecular formula is C16H25NOS2. The molecule has 0 bridgehead atoms. The summed E-state index contributed by atoms with van der Waals surface area (Å²) >= 11 is 4.19. The van der Waals surface area contributed by atoms with E-state index in [4.69, 9.17) is 4.74 Å². The lowest BCUT2D eigenvalue weighted by molar-refractivity contribution is 0.317. The third-order valence-corrected chi connectivity index (χ3v) is 6.21. The van der Waals surface area contributed by atoms with E-state index in [1.165, 1.54) is 22.8 Å². The largest absolute Gasteiger partial charge is 0.494 e. The van der Waals surface area contributed by atoms with Crippen molar-refractivity contribution in [1.82, 2.24) is 5.32 Å². The fourth-order valence-corrected chi connectivity index (χ4v) is 5.24. The maximum absolute atomic E-state index is 5.67. The van der Waals surface area contributed by atoms with Crippen molar-refractivity contribution in [1.29, 1.82) is 0 Å². The Morgan fingerprint density at radius 2 is 2.05 bits per heavy atom. The van der Waals surface area contributed by atoms with E-state index >= 15 is 0 Å². The molecule has 1 aromatic rings. The Labute approximate surface area is 131 Å². The molecule has 1 aromatic carbocycles. The first-order chi connectivity index (χ1) is 9.85. The summed E-state index contributed by atoms with van der Waals surface area (Å²) in [6, 6.07) is 9.11. The number of rotatable bonds is 7. The molecule has 4 heteroatoms. The van der Waals surface area contributed by atoms with E-state index in [-0.39, 0.29) is 0 Å². The fraction of sp³-hybridized carbons (Fsp3) is 0.625. The molecule has 1 saturated heterocycles. The third kappa shape index (κ3) is 4.61. The number of thioether (sulfide) groups is 2. The summed E-state index contributed by atoms with van der Waals surface area (Å²) in [5, 5.41) is 4.33. The highest BCUT2D eigenvalue weighted by Crippen LogP contribution is 2.34. The van der Waals surface area contributed by atoms with Crippen LogP contribution in [0.3, 0.4) is 0 Å². The Kier molecular flexibility index (Phi) is 7.11. The lowest BCUT2D eigenvalue weighted by Crippen LogP contribution is -2.33. The molecular weight excluding hydrogens is 286 g/mol. The van der Waals surface area contributed by atoms with Crippen molar-refractivity contribution in [2.45, 2.75) is 31.6 Å². The molecule has 112 valence electrons. The van der Waals surface area contributed by atoms with Gasteiger partial charge in [-0.1, -0.05) is 26.0 Å². The van der Waals surface area contributed by atoms with Crippen LogP contribution in [-0.2, 0) is 0 Å². The average Bonchev–Trinajstić information content (AvgIpc) is 2.52. The van der Waals surface area contributed by atoms with Crippen molar-refractivity contribution in [3.8, 4) is 5.75 Å². The van der Waals surface area contributed by atoms with Crippen LogP contribution in [0, 0.1) is 0 Å². The number of hydrogen-bond donors (Lipinski definition) is 1. The Morgan fingerprint density at radius 3 is 2.65 bits per heavy atom. The van der Waals surface area contributed by atoms with Crippen LogP contribution in [0.1, 0.15) is 31.9 Å². The Bertz CT molecular complexity index is 377. The van der Waals surface area contributed by atoms with E-state index in [9.17, 15) is 0 Å². The van der Waals surface area contributed by atoms with Crippen molar-refractivity contribution in [3.05, 3.63) is 29.8 Å². The summed E-state index contributed by atoms with van der Waals surface area (Å²) in [4.78, 5) is 0. The van der Waals surface area contributed by atoms with E-state index < -0.39 is 0 Å². The molecule has 2 unspecified atom stereocenters. The van der Waals surface area contributed by atoms with Crippen LogP contribution < -0.4 is 10.1 Å². The van der Waals surface area contributed by atoms with Gasteiger partial charge in [0.2, 0.25) is 0 Å². The predicted molar refractivity (Wildman–Crippen MR) is 92.2 cm³/mol. The van der Waals surface area contributed by atoms with Crippen molar-refractivity contribution in [2.24, 2.45) is 0 Å². The van der Waals surface area contributed by atoms with Gasteiger partial charge in [-0.3, -0.25) is 0 Å². The zero-order chi connectivity index (χ0) is 14.2. The van der Waals surface area contributed by atoms with E-state index in [2.05, 4.69) is 67.0 Å². The van der Waals surface area contributed by atoms with Crippen molar-refractivity contribution >= 4 is 23.5 Å². The molecule has 0 aliphatic carbocycles. The molecule has 0 saturated carbocycles. The summed E-state index contributed by atoms with van der Waals surface area (Å²) in [6.07, 6.45) is 1.05. The van der Waals surface area contributed by atoms with Gasteiger partial charge in [-0.25, -0.2) is 0 Å². The van der Waals surface area contributed by atoms with Gasteiger partial charge < -0.3 is 10.1 Å². The zero-order valence-corrected chi connectivity index (χ0v) is 14.1. The first kappa shape index (κ1) is 16.1. The number of benzene rings is 1. The summed E-state index contributed by atoms with van der Waals surface area (Å²) < 4.78 is 5.67. The van der Waals surface area contributed by atoms with Crippen molar-refractivity contribution < 1.29 is 4.74 Å². The second kappa shape index (κ2) is 8.85. The van der Waals surface area contributed by atoms with Crippen LogP contribution in [0.2, 0.25) is 0 Å². The number of ether oxygens (including phenoxy) is 1. The van der Waals surface area contributed by atoms with Gasteiger partial charge >= 0.3 is 0 Å². The van der Waals surface area contributed by atoms with Crippen molar-refractivity contribution in [2.75, 3.05) is 30.4 Å². The second-order valence-corrected chi connectivity index (χ2v) is 7.43. The second-order valence-electron chi connectivity index (χ2n) is 4.94. The predicted octanol–water partition coefficient (Wildman–Crippen LogP) is 3.97. The lowest BCUT2D eigenvalue weighted by atomic mass is 10.0. The van der Waals surface area contributed by atoms with Gasteiger partial charge in [0.05, 0.1) is 6.61 Å².